The molecule has 0 aliphatic carbocycles. The lowest BCUT2D eigenvalue weighted by molar-refractivity contribution is -0.144. The van der Waals surface area contributed by atoms with Crippen molar-refractivity contribution < 1.29 is 32.6 Å². The molecular formula is C32H47BrF2N2O5. The van der Waals surface area contributed by atoms with Gasteiger partial charge in [0.25, 0.3) is 0 Å². The van der Waals surface area contributed by atoms with Crippen LogP contribution in [0.1, 0.15) is 71.0 Å². The minimum Gasteiger partial charge on any atom is -0.469 e. The van der Waals surface area contributed by atoms with Gasteiger partial charge >= 0.3 is 11.9 Å². The van der Waals surface area contributed by atoms with E-state index in [2.05, 4.69) is 63.8 Å². The van der Waals surface area contributed by atoms with E-state index in [-0.39, 0.29) is 24.6 Å². The summed E-state index contributed by atoms with van der Waals surface area (Å²) in [4.78, 5) is 33.7. The Morgan fingerprint density at radius 2 is 1.69 bits per heavy atom. The molecule has 0 bridgehead atoms. The first kappa shape index (κ1) is 41.0. The van der Waals surface area contributed by atoms with Crippen LogP contribution in [0.5, 0.6) is 0 Å². The zero-order valence-electron chi connectivity index (χ0n) is 26.1. The molecule has 2 atom stereocenters. The molecule has 0 spiro atoms. The first-order chi connectivity index (χ1) is 19.7. The van der Waals surface area contributed by atoms with Crippen LogP contribution in [0.25, 0.3) is 0 Å². The number of benzene rings is 2. The van der Waals surface area contributed by atoms with E-state index in [9.17, 15) is 23.2 Å². The van der Waals surface area contributed by atoms with Gasteiger partial charge in [-0.1, -0.05) is 52.7 Å². The average Bonchev–Trinajstić information content (AvgIpc) is 2.96. The van der Waals surface area contributed by atoms with Gasteiger partial charge in [0.05, 0.1) is 13.2 Å². The number of nitrogens with one attached hydrogen (secondary N) is 1. The molecule has 0 heterocycles. The van der Waals surface area contributed by atoms with Gasteiger partial charge in [-0.05, 0) is 76.4 Å². The van der Waals surface area contributed by atoms with Crippen LogP contribution in [-0.4, -0.2) is 57.1 Å². The number of ether oxygens (including phenoxy) is 2. The van der Waals surface area contributed by atoms with E-state index in [1.165, 1.54) is 36.1 Å². The number of rotatable bonds is 11. The largest absolute Gasteiger partial charge is 0.469 e. The molecule has 2 rings (SSSR count). The molecule has 1 N–H and O–H groups in total. The number of hydrogen-bond donors (Lipinski definition) is 1. The van der Waals surface area contributed by atoms with Gasteiger partial charge in [-0.2, -0.15) is 0 Å². The summed E-state index contributed by atoms with van der Waals surface area (Å²) in [7, 11) is 4.90. The minimum atomic E-state index is -0.764. The molecule has 2 unspecified atom stereocenters. The SMILES string of the molecule is C=C(C)C.CCc1cccc(F)c1F.CNC(C)c1ccc(Br)cc1.COC(=O)CCCC(COC(C)=O)N(C)C=O. The Labute approximate surface area is 258 Å². The third kappa shape index (κ3) is 20.7. The maximum Gasteiger partial charge on any atom is 0.305 e. The second kappa shape index (κ2) is 24.5. The van der Waals surface area contributed by atoms with E-state index in [4.69, 9.17) is 4.74 Å². The molecule has 0 radical (unpaired) electrons. The molecule has 2 aromatic carbocycles. The molecule has 42 heavy (non-hydrogen) atoms. The number of carbonyl (C=O) groups excluding carboxylic acids is 3. The molecule has 0 aliphatic rings. The highest BCUT2D eigenvalue weighted by molar-refractivity contribution is 9.10. The number of nitrogens with zero attached hydrogens (tertiary/aromatic N) is 1. The number of amides is 1. The third-order valence-electron chi connectivity index (χ3n) is 5.58. The predicted molar refractivity (Wildman–Crippen MR) is 168 cm³/mol. The van der Waals surface area contributed by atoms with E-state index < -0.39 is 11.6 Å². The molecular weight excluding hydrogens is 610 g/mol. The van der Waals surface area contributed by atoms with Crippen molar-refractivity contribution in [3.05, 3.63) is 81.9 Å². The fourth-order valence-electron chi connectivity index (χ4n) is 3.03. The Balaban J connectivity index is 0. The number of likely N-dealkylation sites (N-methyl/N-ethyl adjacent to an activating group) is 1. The summed E-state index contributed by atoms with van der Waals surface area (Å²) in [6, 6.07) is 12.8. The average molecular weight is 658 g/mol. The highest BCUT2D eigenvalue weighted by Gasteiger charge is 2.15. The minimum absolute atomic E-state index is 0.145. The Morgan fingerprint density at radius 3 is 2.12 bits per heavy atom. The van der Waals surface area contributed by atoms with E-state index in [0.717, 1.165) is 10.5 Å². The van der Waals surface area contributed by atoms with Crippen molar-refractivity contribution in [2.75, 3.05) is 27.8 Å². The number of allylic oxidation sites excluding steroid dienone is 1. The van der Waals surface area contributed by atoms with Crippen LogP contribution in [0.15, 0.2) is 59.1 Å². The van der Waals surface area contributed by atoms with Crippen molar-refractivity contribution in [1.82, 2.24) is 10.2 Å². The summed E-state index contributed by atoms with van der Waals surface area (Å²) >= 11 is 3.40. The smallest absolute Gasteiger partial charge is 0.305 e. The zero-order chi connectivity index (χ0) is 32.7. The van der Waals surface area contributed by atoms with Crippen molar-refractivity contribution in [2.45, 2.75) is 72.4 Å². The number of esters is 2. The summed E-state index contributed by atoms with van der Waals surface area (Å²) in [5.41, 5.74) is 2.91. The van der Waals surface area contributed by atoms with Crippen molar-refractivity contribution >= 4 is 34.3 Å². The molecule has 0 aliphatic heterocycles. The Hall–Kier alpha value is -3.11. The fourth-order valence-corrected chi connectivity index (χ4v) is 3.29. The Morgan fingerprint density at radius 1 is 1.12 bits per heavy atom. The molecule has 0 saturated heterocycles. The standard InChI is InChI=1S/C11H19NO5.C9H12BrN.C8H8F2.C4H8/c1-9(14)17-7-10(12(2)8-13)5-4-6-11(15)16-3;1-7(11-2)8-3-5-9(10)6-4-8;1-2-6-4-3-5-7(9)8(6)10;1-4(2)3/h8,10H,4-7H2,1-3H3;3-7,11H,1-2H3;3-5H,2H2,1H3;1H2,2-3H3. The van der Waals surface area contributed by atoms with E-state index >= 15 is 0 Å². The van der Waals surface area contributed by atoms with Crippen molar-refractivity contribution in [1.29, 1.82) is 0 Å². The maximum absolute atomic E-state index is 12.6. The lowest BCUT2D eigenvalue weighted by Crippen LogP contribution is -2.35. The number of methoxy groups -OCH3 is 1. The van der Waals surface area contributed by atoms with Gasteiger partial charge in [0.2, 0.25) is 6.41 Å². The van der Waals surface area contributed by atoms with Gasteiger partial charge in [-0.3, -0.25) is 14.4 Å². The monoisotopic (exact) mass is 656 g/mol. The summed E-state index contributed by atoms with van der Waals surface area (Å²) in [6.45, 7) is 12.9. The zero-order valence-corrected chi connectivity index (χ0v) is 27.7. The number of hydrogen-bond acceptors (Lipinski definition) is 6. The number of carbonyl (C=O) groups is 3. The summed E-state index contributed by atoms with van der Waals surface area (Å²) in [6.07, 6.45) is 2.66. The maximum atomic E-state index is 12.6. The van der Waals surface area contributed by atoms with Crippen LogP contribution in [0.3, 0.4) is 0 Å². The normalized spacial score (nSPS) is 11.0. The van der Waals surface area contributed by atoms with Crippen molar-refractivity contribution in [3.8, 4) is 0 Å². The second-order valence-electron chi connectivity index (χ2n) is 9.53. The van der Waals surface area contributed by atoms with E-state index in [1.807, 2.05) is 20.9 Å². The van der Waals surface area contributed by atoms with Gasteiger partial charge in [0, 0.05) is 30.9 Å². The third-order valence-corrected chi connectivity index (χ3v) is 6.11. The lowest BCUT2D eigenvalue weighted by Gasteiger charge is -2.23. The van der Waals surface area contributed by atoms with Crippen molar-refractivity contribution in [2.24, 2.45) is 0 Å². The number of aryl methyl sites for hydroxylation is 1. The van der Waals surface area contributed by atoms with Gasteiger partial charge < -0.3 is 19.7 Å². The van der Waals surface area contributed by atoms with Gasteiger partial charge in [0.15, 0.2) is 11.6 Å². The molecule has 0 fully saturated rings. The lowest BCUT2D eigenvalue weighted by atomic mass is 10.1. The van der Waals surface area contributed by atoms with Crippen LogP contribution < -0.4 is 5.32 Å². The highest BCUT2D eigenvalue weighted by atomic mass is 79.9. The Bertz CT molecular complexity index is 1060. The highest BCUT2D eigenvalue weighted by Crippen LogP contribution is 2.15. The topological polar surface area (TPSA) is 84.9 Å². The predicted octanol–water partition coefficient (Wildman–Crippen LogP) is 7.19. The summed E-state index contributed by atoms with van der Waals surface area (Å²) in [5, 5.41) is 3.19. The molecule has 0 saturated carbocycles. The van der Waals surface area contributed by atoms with Gasteiger partial charge in [-0.25, -0.2) is 8.78 Å². The first-order valence-corrected chi connectivity index (χ1v) is 14.4. The van der Waals surface area contributed by atoms with Crippen LogP contribution in [0.2, 0.25) is 0 Å². The van der Waals surface area contributed by atoms with Crippen LogP contribution in [0.4, 0.5) is 8.78 Å². The van der Waals surface area contributed by atoms with Crippen molar-refractivity contribution in [3.63, 3.8) is 0 Å². The molecule has 1 amide bonds. The molecule has 0 aromatic heterocycles. The van der Waals surface area contributed by atoms with Crippen LogP contribution >= 0.6 is 15.9 Å². The van der Waals surface area contributed by atoms with E-state index in [0.29, 0.717) is 43.7 Å². The van der Waals surface area contributed by atoms with Gasteiger partial charge in [0.1, 0.15) is 6.61 Å². The molecule has 236 valence electrons. The van der Waals surface area contributed by atoms with Crippen LogP contribution in [-0.2, 0) is 30.3 Å². The Kier molecular flexibility index (Phi) is 23.9. The quantitative estimate of drug-likeness (QED) is 0.157. The van der Waals surface area contributed by atoms with E-state index in [1.54, 1.807) is 20.0 Å². The molecule has 10 heteroatoms. The summed E-state index contributed by atoms with van der Waals surface area (Å²) < 4.78 is 35.5. The summed E-state index contributed by atoms with van der Waals surface area (Å²) in [5.74, 6) is -2.16. The van der Waals surface area contributed by atoms with Gasteiger partial charge in [-0.15, -0.1) is 6.58 Å². The fraction of sp³-hybridized carbons (Fsp3) is 0.469. The first-order valence-electron chi connectivity index (χ1n) is 13.6. The second-order valence-corrected chi connectivity index (χ2v) is 10.4. The molecule has 2 aromatic rings. The number of halogens is 3. The molecule has 7 nitrogen and oxygen atoms in total. The van der Waals surface area contributed by atoms with Crippen LogP contribution in [0, 0.1) is 11.6 Å².